The van der Waals surface area contributed by atoms with E-state index >= 15 is 0 Å². The number of ether oxygens (including phenoxy) is 1. The Morgan fingerprint density at radius 3 is 2.10 bits per heavy atom. The molecule has 1 aliphatic heterocycles. The summed E-state index contributed by atoms with van der Waals surface area (Å²) in [6.45, 7) is 5.85. The number of rotatable bonds is 1. The van der Waals surface area contributed by atoms with E-state index in [0.717, 1.165) is 5.56 Å². The van der Waals surface area contributed by atoms with Crippen molar-refractivity contribution < 1.29 is 4.74 Å². The van der Waals surface area contributed by atoms with E-state index in [1.54, 1.807) is 0 Å². The van der Waals surface area contributed by atoms with Gasteiger partial charge in [0.05, 0.1) is 17.6 Å². The second-order valence-corrected chi connectivity index (χ2v) is 5.94. The summed E-state index contributed by atoms with van der Waals surface area (Å²) in [7, 11) is 0. The van der Waals surface area contributed by atoms with Crippen molar-refractivity contribution in [2.45, 2.75) is 26.7 Å². The number of nitrogens with zero attached hydrogens (tertiary/aromatic N) is 2. The Morgan fingerprint density at radius 1 is 1.05 bits per heavy atom. The molecule has 1 atom stereocenters. The number of benzene rings is 1. The zero-order valence-corrected chi connectivity index (χ0v) is 12.3. The Hall–Kier alpha value is -2.72. The Bertz CT molecular complexity index is 694. The van der Waals surface area contributed by atoms with Gasteiger partial charge < -0.3 is 10.5 Å². The van der Waals surface area contributed by atoms with Crippen LogP contribution >= 0.6 is 0 Å². The van der Waals surface area contributed by atoms with E-state index in [-0.39, 0.29) is 16.9 Å². The third-order valence-corrected chi connectivity index (χ3v) is 3.35. The fraction of sp³-hybridized carbons (Fsp3) is 0.294. The summed E-state index contributed by atoms with van der Waals surface area (Å²) >= 11 is 0. The van der Waals surface area contributed by atoms with E-state index in [9.17, 15) is 10.5 Å². The second-order valence-electron chi connectivity index (χ2n) is 5.94. The molecule has 0 unspecified atom stereocenters. The average Bonchev–Trinajstić information content (AvgIpc) is 2.46. The van der Waals surface area contributed by atoms with Gasteiger partial charge in [0, 0.05) is 5.41 Å². The van der Waals surface area contributed by atoms with Crippen LogP contribution < -0.4 is 5.73 Å². The van der Waals surface area contributed by atoms with E-state index in [4.69, 9.17) is 10.5 Å². The van der Waals surface area contributed by atoms with Crippen molar-refractivity contribution in [2.24, 2.45) is 11.1 Å². The van der Waals surface area contributed by atoms with E-state index in [0.29, 0.717) is 11.3 Å². The third kappa shape index (κ3) is 2.61. The van der Waals surface area contributed by atoms with Crippen molar-refractivity contribution in [1.29, 1.82) is 10.5 Å². The van der Waals surface area contributed by atoms with Gasteiger partial charge in [-0.25, -0.2) is 0 Å². The minimum absolute atomic E-state index is 0.0790. The molecular weight excluding hydrogens is 262 g/mol. The van der Waals surface area contributed by atoms with Crippen molar-refractivity contribution in [3.8, 4) is 12.1 Å². The number of hydrogen-bond acceptors (Lipinski definition) is 4. The van der Waals surface area contributed by atoms with Crippen LogP contribution in [0.5, 0.6) is 0 Å². The highest BCUT2D eigenvalue weighted by atomic mass is 16.5. The van der Waals surface area contributed by atoms with Gasteiger partial charge in [0.1, 0.15) is 17.4 Å². The topological polar surface area (TPSA) is 82.8 Å². The molecule has 106 valence electrons. The number of nitrogens with two attached hydrogens (primary N) is 1. The molecule has 4 nitrogen and oxygen atoms in total. The first-order valence-corrected chi connectivity index (χ1v) is 6.67. The lowest BCUT2D eigenvalue weighted by molar-refractivity contribution is 0.199. The first kappa shape index (κ1) is 14.7. The van der Waals surface area contributed by atoms with Crippen LogP contribution in [-0.4, -0.2) is 0 Å². The van der Waals surface area contributed by atoms with Gasteiger partial charge in [-0.1, -0.05) is 51.1 Å². The lowest BCUT2D eigenvalue weighted by atomic mass is 9.79. The molecule has 0 aromatic heterocycles. The smallest absolute Gasteiger partial charge is 0.205 e. The molecule has 0 amide bonds. The van der Waals surface area contributed by atoms with E-state index in [1.807, 2.05) is 51.1 Å². The normalized spacial score (nSPS) is 18.8. The van der Waals surface area contributed by atoms with Gasteiger partial charge in [0.2, 0.25) is 5.88 Å². The maximum atomic E-state index is 9.60. The minimum Gasteiger partial charge on any atom is -0.443 e. The number of hydrogen-bond donors (Lipinski definition) is 1. The van der Waals surface area contributed by atoms with Gasteiger partial charge in [-0.05, 0) is 5.56 Å². The Morgan fingerprint density at radius 2 is 1.62 bits per heavy atom. The summed E-state index contributed by atoms with van der Waals surface area (Å²) in [5, 5.41) is 19.0. The van der Waals surface area contributed by atoms with Crippen LogP contribution in [-0.2, 0) is 4.74 Å². The zero-order valence-electron chi connectivity index (χ0n) is 12.3. The summed E-state index contributed by atoms with van der Waals surface area (Å²) in [6, 6.07) is 13.7. The fourth-order valence-corrected chi connectivity index (χ4v) is 2.41. The lowest BCUT2D eigenvalue weighted by Crippen LogP contribution is -2.26. The van der Waals surface area contributed by atoms with E-state index < -0.39 is 5.92 Å². The summed E-state index contributed by atoms with van der Waals surface area (Å²) in [5.74, 6) is 0.134. The van der Waals surface area contributed by atoms with Gasteiger partial charge in [0.25, 0.3) is 0 Å². The predicted molar refractivity (Wildman–Crippen MR) is 79.2 cm³/mol. The van der Waals surface area contributed by atoms with Gasteiger partial charge in [-0.15, -0.1) is 0 Å². The van der Waals surface area contributed by atoms with Crippen molar-refractivity contribution >= 4 is 0 Å². The Labute approximate surface area is 124 Å². The summed E-state index contributed by atoms with van der Waals surface area (Å²) in [4.78, 5) is 0. The van der Waals surface area contributed by atoms with Crippen molar-refractivity contribution in [2.75, 3.05) is 0 Å². The lowest BCUT2D eigenvalue weighted by Gasteiger charge is -2.32. The molecule has 1 aromatic rings. The molecule has 1 heterocycles. The van der Waals surface area contributed by atoms with Crippen LogP contribution in [0.15, 0.2) is 53.1 Å². The zero-order chi connectivity index (χ0) is 15.6. The highest BCUT2D eigenvalue weighted by molar-refractivity contribution is 5.53. The standard InChI is InChI=1S/C17H17N3O/c1-17(2,3)15-12(9-18)14(11-7-5-4-6-8-11)13(10-19)16(20)21-15/h4-8,14H,20H2,1-3H3/t14-/m0/s1. The molecule has 0 aliphatic carbocycles. The van der Waals surface area contributed by atoms with Crippen molar-refractivity contribution in [3.63, 3.8) is 0 Å². The molecule has 0 bridgehead atoms. The molecular formula is C17H17N3O. The summed E-state index contributed by atoms with van der Waals surface area (Å²) in [5.41, 5.74) is 7.13. The van der Waals surface area contributed by atoms with Crippen LogP contribution in [0.2, 0.25) is 0 Å². The molecule has 1 aliphatic rings. The maximum Gasteiger partial charge on any atom is 0.205 e. The summed E-state index contributed by atoms with van der Waals surface area (Å²) < 4.78 is 5.60. The molecule has 0 spiro atoms. The van der Waals surface area contributed by atoms with Crippen LogP contribution in [0.25, 0.3) is 0 Å². The molecule has 0 radical (unpaired) electrons. The second kappa shape index (κ2) is 5.34. The van der Waals surface area contributed by atoms with Crippen LogP contribution in [0.1, 0.15) is 32.3 Å². The van der Waals surface area contributed by atoms with Crippen LogP contribution in [0.3, 0.4) is 0 Å². The molecule has 1 aromatic carbocycles. The quantitative estimate of drug-likeness (QED) is 0.854. The first-order chi connectivity index (χ1) is 9.90. The Kier molecular flexibility index (Phi) is 3.74. The maximum absolute atomic E-state index is 9.60. The van der Waals surface area contributed by atoms with Crippen molar-refractivity contribution in [3.05, 3.63) is 58.7 Å². The van der Waals surface area contributed by atoms with Gasteiger partial charge in [0.15, 0.2) is 0 Å². The number of nitriles is 2. The predicted octanol–water partition coefficient (Wildman–Crippen LogP) is 3.32. The SMILES string of the molecule is CC(C)(C)C1=C(C#N)[C@H](c2ccccc2)C(C#N)=C(N)O1. The third-order valence-electron chi connectivity index (χ3n) is 3.35. The highest BCUT2D eigenvalue weighted by Crippen LogP contribution is 2.43. The van der Waals surface area contributed by atoms with Crippen LogP contribution in [0.4, 0.5) is 0 Å². The monoisotopic (exact) mass is 279 g/mol. The molecule has 0 saturated carbocycles. The minimum atomic E-state index is -0.468. The average molecular weight is 279 g/mol. The van der Waals surface area contributed by atoms with Gasteiger partial charge >= 0.3 is 0 Å². The highest BCUT2D eigenvalue weighted by Gasteiger charge is 2.37. The van der Waals surface area contributed by atoms with Gasteiger partial charge in [-0.2, -0.15) is 10.5 Å². The molecule has 2 rings (SSSR count). The van der Waals surface area contributed by atoms with E-state index in [1.165, 1.54) is 0 Å². The van der Waals surface area contributed by atoms with Gasteiger partial charge in [-0.3, -0.25) is 0 Å². The molecule has 2 N–H and O–H groups in total. The van der Waals surface area contributed by atoms with Crippen LogP contribution in [0, 0.1) is 28.1 Å². The molecule has 4 heteroatoms. The largest absolute Gasteiger partial charge is 0.443 e. The van der Waals surface area contributed by atoms with E-state index in [2.05, 4.69) is 12.1 Å². The summed E-state index contributed by atoms with van der Waals surface area (Å²) in [6.07, 6.45) is 0. The first-order valence-electron chi connectivity index (χ1n) is 6.67. The molecule has 0 saturated heterocycles. The molecule has 0 fully saturated rings. The molecule has 21 heavy (non-hydrogen) atoms. The van der Waals surface area contributed by atoms with Crippen molar-refractivity contribution in [1.82, 2.24) is 0 Å². The Balaban J connectivity index is 2.71. The number of allylic oxidation sites excluding steroid dienone is 3. The fourth-order valence-electron chi connectivity index (χ4n) is 2.41.